The fraction of sp³-hybridized carbons (Fsp3) is 0.462. The molecule has 1 aromatic heterocycles. The van der Waals surface area contributed by atoms with Crippen LogP contribution in [0.25, 0.3) is 0 Å². The summed E-state index contributed by atoms with van der Waals surface area (Å²) in [5, 5.41) is 19.3. The van der Waals surface area contributed by atoms with Crippen LogP contribution in [0.15, 0.2) is 14.2 Å². The Morgan fingerprint density at radius 3 is 2.42 bits per heavy atom. The second-order valence-electron chi connectivity index (χ2n) is 4.17. The summed E-state index contributed by atoms with van der Waals surface area (Å²) < 4.78 is 4.55. The number of hydrogen-bond donors (Lipinski definition) is 2. The molecular weight excluding hydrogens is 250 g/mol. The molecule has 1 aromatic rings. The Morgan fingerprint density at radius 2 is 1.89 bits per heavy atom. The van der Waals surface area contributed by atoms with Gasteiger partial charge in [0, 0.05) is 6.54 Å². The first-order valence-electron chi connectivity index (χ1n) is 6.01. The van der Waals surface area contributed by atoms with Crippen LogP contribution < -0.4 is 5.63 Å². The molecule has 6 nitrogen and oxygen atoms in total. The van der Waals surface area contributed by atoms with Crippen molar-refractivity contribution in [1.82, 2.24) is 0 Å². The Bertz CT molecular complexity index is 571. The molecule has 0 aliphatic rings. The summed E-state index contributed by atoms with van der Waals surface area (Å²) in [7, 11) is 0. The molecule has 0 radical (unpaired) electrons. The average Bonchev–Trinajstić information content (AvgIpc) is 2.27. The van der Waals surface area contributed by atoms with E-state index in [1.165, 1.54) is 0 Å². The molecular formula is C13H17NO5. The van der Waals surface area contributed by atoms with Crippen LogP contribution in [0.4, 0.5) is 0 Å². The lowest BCUT2D eigenvalue weighted by atomic mass is 10.1. The van der Waals surface area contributed by atoms with E-state index < -0.39 is 28.7 Å². The van der Waals surface area contributed by atoms with E-state index >= 15 is 0 Å². The van der Waals surface area contributed by atoms with Crippen LogP contribution in [-0.4, -0.2) is 28.3 Å². The van der Waals surface area contributed by atoms with Crippen molar-refractivity contribution < 1.29 is 19.4 Å². The SMILES string of the molecule is CCCCN=C(C)c1c(O)c(C(C)=O)c(O)oc1=O. The van der Waals surface area contributed by atoms with Crippen LogP contribution in [-0.2, 0) is 0 Å². The molecule has 104 valence electrons. The van der Waals surface area contributed by atoms with Crippen molar-refractivity contribution in [2.24, 2.45) is 4.99 Å². The standard InChI is InChI=1S/C13H17NO5/c1-4-5-6-14-7(2)9-11(16)10(8(3)15)13(18)19-12(9)17/h16,18H,4-6H2,1-3H3. The molecule has 1 heterocycles. The maximum atomic E-state index is 11.6. The van der Waals surface area contributed by atoms with E-state index in [-0.39, 0.29) is 11.3 Å². The van der Waals surface area contributed by atoms with Crippen LogP contribution in [0.2, 0.25) is 0 Å². The van der Waals surface area contributed by atoms with Gasteiger partial charge in [0.05, 0.1) is 5.71 Å². The van der Waals surface area contributed by atoms with Gasteiger partial charge in [-0.15, -0.1) is 0 Å². The highest BCUT2D eigenvalue weighted by Gasteiger charge is 2.23. The van der Waals surface area contributed by atoms with E-state index in [2.05, 4.69) is 9.41 Å². The Morgan fingerprint density at radius 1 is 1.26 bits per heavy atom. The van der Waals surface area contributed by atoms with Crippen LogP contribution >= 0.6 is 0 Å². The molecule has 0 unspecified atom stereocenters. The molecule has 0 saturated heterocycles. The van der Waals surface area contributed by atoms with Gasteiger partial charge >= 0.3 is 5.63 Å². The molecule has 0 aliphatic heterocycles. The van der Waals surface area contributed by atoms with E-state index in [0.717, 1.165) is 19.8 Å². The predicted octanol–water partition coefficient (Wildman–Crippen LogP) is 1.86. The minimum atomic E-state index is -0.919. The van der Waals surface area contributed by atoms with Gasteiger partial charge in [0.2, 0.25) is 0 Å². The summed E-state index contributed by atoms with van der Waals surface area (Å²) in [6.45, 7) is 5.22. The van der Waals surface area contributed by atoms with E-state index in [9.17, 15) is 19.8 Å². The Hall–Kier alpha value is -2.11. The van der Waals surface area contributed by atoms with Crippen LogP contribution in [0.3, 0.4) is 0 Å². The first-order chi connectivity index (χ1) is 8.90. The molecule has 0 aliphatic carbocycles. The number of hydrogen-bond acceptors (Lipinski definition) is 6. The predicted molar refractivity (Wildman–Crippen MR) is 70.3 cm³/mol. The molecule has 0 amide bonds. The maximum Gasteiger partial charge on any atom is 0.351 e. The molecule has 0 fully saturated rings. The third-order valence-electron chi connectivity index (χ3n) is 2.66. The fourth-order valence-corrected chi connectivity index (χ4v) is 1.63. The Balaban J connectivity index is 3.36. The van der Waals surface area contributed by atoms with Gasteiger partial charge in [-0.2, -0.15) is 0 Å². The lowest BCUT2D eigenvalue weighted by Gasteiger charge is -2.07. The van der Waals surface area contributed by atoms with Crippen LogP contribution in [0, 0.1) is 0 Å². The number of nitrogens with zero attached hydrogens (tertiary/aromatic N) is 1. The molecule has 0 atom stereocenters. The van der Waals surface area contributed by atoms with Crippen LogP contribution in [0.1, 0.15) is 49.5 Å². The zero-order valence-corrected chi connectivity index (χ0v) is 11.2. The largest absolute Gasteiger partial charge is 0.506 e. The zero-order chi connectivity index (χ0) is 14.6. The Kier molecular flexibility index (Phi) is 4.86. The minimum absolute atomic E-state index is 0.181. The number of rotatable bonds is 5. The first kappa shape index (κ1) is 14.9. The summed E-state index contributed by atoms with van der Waals surface area (Å²) in [5.74, 6) is -2.06. The maximum absolute atomic E-state index is 11.6. The smallest absolute Gasteiger partial charge is 0.351 e. The molecule has 6 heteroatoms. The number of carbonyl (C=O) groups excluding carboxylic acids is 1. The highest BCUT2D eigenvalue weighted by atomic mass is 16.5. The normalized spacial score (nSPS) is 11.6. The van der Waals surface area contributed by atoms with Crippen molar-refractivity contribution in [3.05, 3.63) is 21.5 Å². The number of Topliss-reactive ketones (excluding diaryl/α,β-unsaturated/α-hetero) is 1. The summed E-state index contributed by atoms with van der Waals surface area (Å²) in [5.41, 5.74) is -1.22. The zero-order valence-electron chi connectivity index (χ0n) is 11.2. The second-order valence-corrected chi connectivity index (χ2v) is 4.17. The summed E-state index contributed by atoms with van der Waals surface area (Å²) >= 11 is 0. The van der Waals surface area contributed by atoms with Gasteiger partial charge in [-0.25, -0.2) is 4.79 Å². The number of aliphatic imine (C=N–C) groups is 1. The minimum Gasteiger partial charge on any atom is -0.506 e. The number of aromatic hydroxyl groups is 2. The van der Waals surface area contributed by atoms with E-state index in [4.69, 9.17) is 0 Å². The molecule has 0 saturated carbocycles. The number of unbranched alkanes of at least 4 members (excludes halogenated alkanes) is 1. The van der Waals surface area contributed by atoms with Crippen molar-refractivity contribution in [3.8, 4) is 11.7 Å². The van der Waals surface area contributed by atoms with E-state index in [1.807, 2.05) is 6.92 Å². The second kappa shape index (κ2) is 6.17. The number of carbonyl (C=O) groups is 1. The van der Waals surface area contributed by atoms with Crippen molar-refractivity contribution in [2.45, 2.75) is 33.6 Å². The molecule has 0 aromatic carbocycles. The fourth-order valence-electron chi connectivity index (χ4n) is 1.63. The first-order valence-corrected chi connectivity index (χ1v) is 6.01. The van der Waals surface area contributed by atoms with Gasteiger partial charge in [-0.05, 0) is 20.3 Å². The average molecular weight is 267 g/mol. The van der Waals surface area contributed by atoms with E-state index in [0.29, 0.717) is 6.54 Å². The lowest BCUT2D eigenvalue weighted by molar-refractivity contribution is 0.100. The topological polar surface area (TPSA) is 100 Å². The number of ketones is 1. The van der Waals surface area contributed by atoms with Gasteiger partial charge in [0.25, 0.3) is 5.95 Å². The molecule has 2 N–H and O–H groups in total. The monoisotopic (exact) mass is 267 g/mol. The summed E-state index contributed by atoms with van der Waals surface area (Å²) in [6.07, 6.45) is 1.80. The van der Waals surface area contributed by atoms with Crippen molar-refractivity contribution in [1.29, 1.82) is 0 Å². The van der Waals surface area contributed by atoms with Crippen LogP contribution in [0.5, 0.6) is 11.7 Å². The third-order valence-corrected chi connectivity index (χ3v) is 2.66. The van der Waals surface area contributed by atoms with Gasteiger partial charge in [0.15, 0.2) is 5.78 Å². The molecule has 0 spiro atoms. The van der Waals surface area contributed by atoms with Gasteiger partial charge in [0.1, 0.15) is 16.9 Å². The Labute approximate surface area is 110 Å². The van der Waals surface area contributed by atoms with Crippen molar-refractivity contribution >= 4 is 11.5 Å². The highest BCUT2D eigenvalue weighted by molar-refractivity contribution is 6.06. The molecule has 0 bridgehead atoms. The highest BCUT2D eigenvalue weighted by Crippen LogP contribution is 2.28. The molecule has 19 heavy (non-hydrogen) atoms. The van der Waals surface area contributed by atoms with Crippen molar-refractivity contribution in [3.63, 3.8) is 0 Å². The third kappa shape index (κ3) is 3.21. The quantitative estimate of drug-likeness (QED) is 0.482. The molecule has 1 rings (SSSR count). The summed E-state index contributed by atoms with van der Waals surface area (Å²) in [4.78, 5) is 27.1. The summed E-state index contributed by atoms with van der Waals surface area (Å²) in [6, 6.07) is 0. The van der Waals surface area contributed by atoms with Gasteiger partial charge in [-0.1, -0.05) is 13.3 Å². The van der Waals surface area contributed by atoms with Crippen molar-refractivity contribution in [2.75, 3.05) is 6.54 Å². The van der Waals surface area contributed by atoms with Gasteiger partial charge in [-0.3, -0.25) is 9.79 Å². The van der Waals surface area contributed by atoms with E-state index in [1.54, 1.807) is 6.92 Å². The van der Waals surface area contributed by atoms with Gasteiger partial charge < -0.3 is 14.6 Å². The lowest BCUT2D eigenvalue weighted by Crippen LogP contribution is -2.15.